The summed E-state index contributed by atoms with van der Waals surface area (Å²) in [5.74, 6) is -0.116. The highest BCUT2D eigenvalue weighted by Gasteiger charge is 2.13. The summed E-state index contributed by atoms with van der Waals surface area (Å²) in [5, 5.41) is 14.6. The fourth-order valence-electron chi connectivity index (χ4n) is 1.36. The van der Waals surface area contributed by atoms with E-state index < -0.39 is 11.1 Å². The molecule has 0 atom stereocenters. The molecule has 20 heavy (non-hydrogen) atoms. The van der Waals surface area contributed by atoms with E-state index >= 15 is 0 Å². The number of hydrogen-bond donors (Lipinski definition) is 3. The number of amidine groups is 1. The summed E-state index contributed by atoms with van der Waals surface area (Å²) in [5.41, 5.74) is 4.22. The summed E-state index contributed by atoms with van der Waals surface area (Å²) in [6.45, 7) is 0. The molecule has 0 amide bonds. The van der Waals surface area contributed by atoms with Gasteiger partial charge in [-0.25, -0.2) is 4.98 Å². The van der Waals surface area contributed by atoms with E-state index in [1.54, 1.807) is 12.1 Å². The third kappa shape index (κ3) is 2.69. The molecule has 4 N–H and O–H groups in total. The predicted molar refractivity (Wildman–Crippen MR) is 71.0 cm³/mol. The Morgan fingerprint density at radius 1 is 1.55 bits per heavy atom. The maximum atomic E-state index is 11.3. The zero-order valence-corrected chi connectivity index (χ0v) is 11.1. The van der Waals surface area contributed by atoms with Crippen molar-refractivity contribution in [3.05, 3.63) is 44.6 Å². The van der Waals surface area contributed by atoms with Gasteiger partial charge >= 0.3 is 11.1 Å². The molecule has 0 saturated carbocycles. The summed E-state index contributed by atoms with van der Waals surface area (Å²) >= 11 is 1.01. The molecule has 2 heterocycles. The van der Waals surface area contributed by atoms with Gasteiger partial charge in [0.25, 0.3) is 0 Å². The number of nitrogens with two attached hydrogens (primary N) is 1. The van der Waals surface area contributed by atoms with Crippen LogP contribution in [-0.4, -0.2) is 30.8 Å². The van der Waals surface area contributed by atoms with Gasteiger partial charge in [-0.05, 0) is 23.9 Å². The van der Waals surface area contributed by atoms with Gasteiger partial charge in [0.1, 0.15) is 5.03 Å². The second-order valence-electron chi connectivity index (χ2n) is 3.64. The van der Waals surface area contributed by atoms with Gasteiger partial charge in [-0.3, -0.25) is 19.4 Å². The van der Waals surface area contributed by atoms with E-state index in [0.29, 0.717) is 10.6 Å². The van der Waals surface area contributed by atoms with Crippen molar-refractivity contribution in [2.75, 3.05) is 0 Å². The molecule has 2 rings (SSSR count). The minimum atomic E-state index is -0.896. The molecule has 0 fully saturated rings. The maximum absolute atomic E-state index is 11.3. The van der Waals surface area contributed by atoms with Crippen molar-refractivity contribution in [2.24, 2.45) is 17.9 Å². The molecule has 0 saturated heterocycles. The largest absolute Gasteiger partial charge is 0.409 e. The Labute approximate surface area is 116 Å². The van der Waals surface area contributed by atoms with Gasteiger partial charge in [0.2, 0.25) is 0 Å². The summed E-state index contributed by atoms with van der Waals surface area (Å²) in [6, 6.07) is 3.23. The van der Waals surface area contributed by atoms with Crippen LogP contribution < -0.4 is 16.9 Å². The Bertz CT molecular complexity index is 781. The fraction of sp³-hybridized carbons (Fsp3) is 0.100. The third-order valence-corrected chi connectivity index (χ3v) is 3.36. The highest BCUT2D eigenvalue weighted by atomic mass is 32.2. The van der Waals surface area contributed by atoms with Crippen LogP contribution in [0.5, 0.6) is 0 Å². The van der Waals surface area contributed by atoms with Gasteiger partial charge < -0.3 is 10.9 Å². The average molecular weight is 294 g/mol. The molecule has 0 radical (unpaired) electrons. The first kappa shape index (κ1) is 13.8. The van der Waals surface area contributed by atoms with Crippen LogP contribution in [0, 0.1) is 0 Å². The number of H-pyrrole nitrogens is 1. The molecule has 2 aromatic rings. The molecular formula is C10H10N6O3S. The predicted octanol–water partition coefficient (Wildman–Crippen LogP) is -0.891. The van der Waals surface area contributed by atoms with E-state index in [1.807, 2.05) is 0 Å². The topological polar surface area (TPSA) is 139 Å². The number of nitrogens with zero attached hydrogens (tertiary/aromatic N) is 4. The van der Waals surface area contributed by atoms with Crippen molar-refractivity contribution in [3.8, 4) is 0 Å². The molecular weight excluding hydrogens is 284 g/mol. The second-order valence-corrected chi connectivity index (χ2v) is 4.60. The Balaban J connectivity index is 2.48. The van der Waals surface area contributed by atoms with Crippen LogP contribution in [0.3, 0.4) is 0 Å². The van der Waals surface area contributed by atoms with Crippen LogP contribution in [0.2, 0.25) is 0 Å². The van der Waals surface area contributed by atoms with E-state index in [0.717, 1.165) is 11.8 Å². The van der Waals surface area contributed by atoms with Gasteiger partial charge in [0.15, 0.2) is 11.0 Å². The van der Waals surface area contributed by atoms with Gasteiger partial charge in [-0.2, -0.15) is 4.98 Å². The van der Waals surface area contributed by atoms with Crippen LogP contribution >= 0.6 is 11.8 Å². The smallest absolute Gasteiger partial charge is 0.339 e. The average Bonchev–Trinajstić information content (AvgIpc) is 2.44. The van der Waals surface area contributed by atoms with E-state index in [4.69, 9.17) is 10.9 Å². The van der Waals surface area contributed by atoms with Crippen molar-refractivity contribution in [2.45, 2.75) is 10.2 Å². The lowest BCUT2D eigenvalue weighted by Gasteiger charge is -2.08. The highest BCUT2D eigenvalue weighted by molar-refractivity contribution is 7.99. The van der Waals surface area contributed by atoms with Gasteiger partial charge in [0, 0.05) is 13.2 Å². The highest BCUT2D eigenvalue weighted by Crippen LogP contribution is 2.25. The van der Waals surface area contributed by atoms with Gasteiger partial charge in [0.05, 0.1) is 5.56 Å². The second kappa shape index (κ2) is 5.57. The molecule has 0 unspecified atom stereocenters. The Hall–Kier alpha value is -2.62. The van der Waals surface area contributed by atoms with E-state index in [9.17, 15) is 9.59 Å². The summed E-state index contributed by atoms with van der Waals surface area (Å²) in [6.07, 6.45) is 1.51. The van der Waals surface area contributed by atoms with E-state index in [1.165, 1.54) is 17.9 Å². The van der Waals surface area contributed by atoms with Crippen LogP contribution in [0.25, 0.3) is 0 Å². The van der Waals surface area contributed by atoms with Crippen LogP contribution in [0.4, 0.5) is 0 Å². The molecule has 0 aromatic carbocycles. The number of aromatic nitrogens is 4. The Morgan fingerprint density at radius 3 is 3.00 bits per heavy atom. The first-order valence-corrected chi connectivity index (χ1v) is 6.12. The molecule has 0 aliphatic carbocycles. The standard InChI is InChI=1S/C10H10N6O3S/c1-16-10(13-7(17)8(18)14-16)20-9-5(6(11)15-19)3-2-4-12-9/h2-4,19H,1H3,(H2,11,15)(H,14,18). The van der Waals surface area contributed by atoms with Crippen LogP contribution in [-0.2, 0) is 7.05 Å². The van der Waals surface area contributed by atoms with Gasteiger partial charge in [-0.1, -0.05) is 5.16 Å². The lowest BCUT2D eigenvalue weighted by Crippen LogP contribution is -2.33. The zero-order valence-electron chi connectivity index (χ0n) is 10.3. The summed E-state index contributed by atoms with van der Waals surface area (Å²) in [7, 11) is 1.53. The molecule has 0 bridgehead atoms. The van der Waals surface area contributed by atoms with Crippen molar-refractivity contribution in [1.29, 1.82) is 0 Å². The molecule has 2 aromatic heterocycles. The maximum Gasteiger partial charge on any atom is 0.339 e. The first-order chi connectivity index (χ1) is 9.52. The number of oxime groups is 1. The minimum absolute atomic E-state index is 0.116. The van der Waals surface area contributed by atoms with Crippen molar-refractivity contribution < 1.29 is 5.21 Å². The Morgan fingerprint density at radius 2 is 2.30 bits per heavy atom. The van der Waals surface area contributed by atoms with Gasteiger partial charge in [-0.15, -0.1) is 0 Å². The monoisotopic (exact) mass is 294 g/mol. The molecule has 10 heteroatoms. The normalized spacial score (nSPS) is 11.6. The number of aryl methyl sites for hydroxylation is 1. The summed E-state index contributed by atoms with van der Waals surface area (Å²) < 4.78 is 1.29. The van der Waals surface area contributed by atoms with Crippen molar-refractivity contribution in [1.82, 2.24) is 19.7 Å². The quantitative estimate of drug-likeness (QED) is 0.219. The molecule has 0 aliphatic rings. The fourth-order valence-corrected chi connectivity index (χ4v) is 2.24. The van der Waals surface area contributed by atoms with E-state index in [2.05, 4.69) is 20.2 Å². The third-order valence-electron chi connectivity index (χ3n) is 2.29. The Kier molecular flexibility index (Phi) is 3.84. The first-order valence-electron chi connectivity index (χ1n) is 5.31. The lowest BCUT2D eigenvalue weighted by molar-refractivity contribution is 0.318. The van der Waals surface area contributed by atoms with Crippen molar-refractivity contribution >= 4 is 17.6 Å². The SMILES string of the molecule is Cn1[nH]c(=O)c(=O)nc1Sc1ncccc1/C(N)=N/O. The summed E-state index contributed by atoms with van der Waals surface area (Å²) in [4.78, 5) is 30.1. The number of pyridine rings is 1. The lowest BCUT2D eigenvalue weighted by atomic mass is 10.3. The molecule has 9 nitrogen and oxygen atoms in total. The number of nitrogens with one attached hydrogen (secondary N) is 1. The molecule has 104 valence electrons. The number of hydrogen-bond acceptors (Lipinski definition) is 7. The van der Waals surface area contributed by atoms with Crippen LogP contribution in [0.15, 0.2) is 43.3 Å². The van der Waals surface area contributed by atoms with Crippen LogP contribution in [0.1, 0.15) is 5.56 Å². The molecule has 0 aliphatic heterocycles. The molecule has 0 spiro atoms. The number of rotatable bonds is 3. The number of aromatic amines is 1. The zero-order chi connectivity index (χ0) is 14.7. The van der Waals surface area contributed by atoms with E-state index in [-0.39, 0.29) is 11.0 Å². The minimum Gasteiger partial charge on any atom is -0.409 e. The van der Waals surface area contributed by atoms with Crippen molar-refractivity contribution in [3.63, 3.8) is 0 Å².